The first-order valence-electron chi connectivity index (χ1n) is 11.0. The molecular weight excluding hydrogens is 402 g/mol. The Morgan fingerprint density at radius 2 is 1.48 bits per heavy atom. The minimum absolute atomic E-state index is 0.0503. The van der Waals surface area contributed by atoms with Gasteiger partial charge >= 0.3 is 5.97 Å². The van der Waals surface area contributed by atoms with E-state index in [2.05, 4.69) is 5.32 Å². The van der Waals surface area contributed by atoms with Crippen molar-refractivity contribution in [3.05, 3.63) is 29.8 Å². The van der Waals surface area contributed by atoms with E-state index < -0.39 is 5.97 Å². The lowest BCUT2D eigenvalue weighted by molar-refractivity contribution is -0.121. The zero-order chi connectivity index (χ0) is 22.6. The highest BCUT2D eigenvalue weighted by molar-refractivity contribution is 5.87. The predicted molar refractivity (Wildman–Crippen MR) is 117 cm³/mol. The molecule has 1 amide bonds. The number of amides is 1. The molecule has 31 heavy (non-hydrogen) atoms. The lowest BCUT2D eigenvalue weighted by atomic mass is 10.1. The first kappa shape index (κ1) is 26.6. The number of carboxylic acid groups (broad SMARTS) is 1. The second kappa shape index (κ2) is 18.3. The second-order valence-electron chi connectivity index (χ2n) is 7.11. The van der Waals surface area contributed by atoms with Crippen LogP contribution in [-0.4, -0.2) is 62.8 Å². The number of aldehydes is 1. The van der Waals surface area contributed by atoms with Crippen LogP contribution in [-0.2, 0) is 19.1 Å². The summed E-state index contributed by atoms with van der Waals surface area (Å²) in [6, 6.07) is 6.45. The average Bonchev–Trinajstić information content (AvgIpc) is 2.77. The molecule has 2 N–H and O–H groups in total. The average molecular weight is 438 g/mol. The number of carboxylic acids is 1. The Kier molecular flexibility index (Phi) is 15.7. The number of carbonyl (C=O) groups excluding carboxylic acids is 2. The molecule has 0 aliphatic rings. The van der Waals surface area contributed by atoms with Gasteiger partial charge in [0.1, 0.15) is 18.6 Å². The van der Waals surface area contributed by atoms with Crippen molar-refractivity contribution in [2.45, 2.75) is 51.4 Å². The molecule has 0 bridgehead atoms. The molecule has 1 aromatic carbocycles. The maximum Gasteiger partial charge on any atom is 0.335 e. The number of hydrogen-bond donors (Lipinski definition) is 2. The molecule has 0 aliphatic carbocycles. The Balaban J connectivity index is 1.84. The van der Waals surface area contributed by atoms with Crippen molar-refractivity contribution in [1.82, 2.24) is 5.32 Å². The van der Waals surface area contributed by atoms with E-state index in [-0.39, 0.29) is 18.1 Å². The highest BCUT2D eigenvalue weighted by atomic mass is 16.5. The van der Waals surface area contributed by atoms with Crippen LogP contribution in [0.4, 0.5) is 0 Å². The minimum Gasteiger partial charge on any atom is -0.494 e. The lowest BCUT2D eigenvalue weighted by Crippen LogP contribution is -2.27. The first-order valence-corrected chi connectivity index (χ1v) is 11.0. The van der Waals surface area contributed by atoms with E-state index in [0.717, 1.165) is 44.9 Å². The smallest absolute Gasteiger partial charge is 0.335 e. The third kappa shape index (κ3) is 15.1. The van der Waals surface area contributed by atoms with Gasteiger partial charge in [0, 0.05) is 13.0 Å². The Labute approximate surface area is 184 Å². The van der Waals surface area contributed by atoms with E-state index in [1.165, 1.54) is 0 Å². The maximum atomic E-state index is 11.7. The Morgan fingerprint density at radius 3 is 2.16 bits per heavy atom. The van der Waals surface area contributed by atoms with Crippen LogP contribution in [0.1, 0.15) is 61.7 Å². The molecule has 1 rings (SSSR count). The summed E-state index contributed by atoms with van der Waals surface area (Å²) >= 11 is 0. The largest absolute Gasteiger partial charge is 0.494 e. The van der Waals surface area contributed by atoms with Crippen LogP contribution in [0.2, 0.25) is 0 Å². The fourth-order valence-corrected chi connectivity index (χ4v) is 2.86. The van der Waals surface area contributed by atoms with E-state index in [9.17, 15) is 14.4 Å². The van der Waals surface area contributed by atoms with E-state index in [0.29, 0.717) is 51.4 Å². The molecule has 0 saturated carbocycles. The molecule has 0 fully saturated rings. The molecular formula is C23H35NO7. The summed E-state index contributed by atoms with van der Waals surface area (Å²) in [4.78, 5) is 32.6. The monoisotopic (exact) mass is 437 g/mol. The lowest BCUT2D eigenvalue weighted by Gasteiger charge is -2.07. The summed E-state index contributed by atoms with van der Waals surface area (Å²) in [5.41, 5.74) is 0.257. The van der Waals surface area contributed by atoms with Crippen molar-refractivity contribution in [3.63, 3.8) is 0 Å². The Morgan fingerprint density at radius 1 is 0.839 bits per heavy atom. The molecule has 174 valence electrons. The van der Waals surface area contributed by atoms with Crippen molar-refractivity contribution in [2.75, 3.05) is 39.6 Å². The third-order valence-electron chi connectivity index (χ3n) is 4.54. The standard InChI is InChI=1S/C23H35NO7/c25-14-17-30-19-18-29-16-13-24-22(26)8-6-4-2-1-3-5-7-15-31-21-11-9-20(10-12-21)23(27)28/h9-12,14H,1-8,13,15-19H2,(H,24,26)(H,27,28). The van der Waals surface area contributed by atoms with Gasteiger partial charge in [0.05, 0.1) is 32.0 Å². The van der Waals surface area contributed by atoms with Crippen LogP contribution in [0.25, 0.3) is 0 Å². The van der Waals surface area contributed by atoms with Gasteiger partial charge in [-0.2, -0.15) is 0 Å². The van der Waals surface area contributed by atoms with Gasteiger partial charge < -0.3 is 29.4 Å². The maximum absolute atomic E-state index is 11.7. The van der Waals surface area contributed by atoms with Gasteiger partial charge in [-0.3, -0.25) is 4.79 Å². The van der Waals surface area contributed by atoms with Gasteiger partial charge in [0.2, 0.25) is 5.91 Å². The highest BCUT2D eigenvalue weighted by Gasteiger charge is 2.02. The molecule has 0 spiro atoms. The molecule has 0 unspecified atom stereocenters. The number of unbranched alkanes of at least 4 members (excludes halogenated alkanes) is 6. The van der Waals surface area contributed by atoms with Gasteiger partial charge in [-0.1, -0.05) is 32.1 Å². The second-order valence-corrected chi connectivity index (χ2v) is 7.11. The quantitative estimate of drug-likeness (QED) is 0.238. The van der Waals surface area contributed by atoms with Gasteiger partial charge in [-0.15, -0.1) is 0 Å². The topological polar surface area (TPSA) is 111 Å². The fourth-order valence-electron chi connectivity index (χ4n) is 2.86. The van der Waals surface area contributed by atoms with Crippen molar-refractivity contribution in [2.24, 2.45) is 0 Å². The molecule has 1 aromatic rings. The first-order chi connectivity index (χ1) is 15.1. The van der Waals surface area contributed by atoms with Gasteiger partial charge in [0.15, 0.2) is 0 Å². The van der Waals surface area contributed by atoms with Crippen LogP contribution in [0.5, 0.6) is 5.75 Å². The summed E-state index contributed by atoms with van der Waals surface area (Å²) in [6.07, 6.45) is 8.64. The van der Waals surface area contributed by atoms with Crippen LogP contribution in [0, 0.1) is 0 Å². The number of ether oxygens (including phenoxy) is 3. The number of aromatic carboxylic acids is 1. The van der Waals surface area contributed by atoms with E-state index in [1.807, 2.05) is 0 Å². The van der Waals surface area contributed by atoms with Crippen molar-refractivity contribution in [3.8, 4) is 5.75 Å². The van der Waals surface area contributed by atoms with Crippen LogP contribution in [0.15, 0.2) is 24.3 Å². The van der Waals surface area contributed by atoms with E-state index in [1.54, 1.807) is 24.3 Å². The summed E-state index contributed by atoms with van der Waals surface area (Å²) < 4.78 is 15.8. The van der Waals surface area contributed by atoms with E-state index >= 15 is 0 Å². The number of benzene rings is 1. The molecule has 0 radical (unpaired) electrons. The van der Waals surface area contributed by atoms with Crippen molar-refractivity contribution < 1.29 is 33.7 Å². The molecule has 8 nitrogen and oxygen atoms in total. The van der Waals surface area contributed by atoms with Crippen molar-refractivity contribution in [1.29, 1.82) is 0 Å². The number of carbonyl (C=O) groups is 3. The van der Waals surface area contributed by atoms with Gasteiger partial charge in [-0.25, -0.2) is 4.79 Å². The summed E-state index contributed by atoms with van der Waals surface area (Å²) in [7, 11) is 0. The number of nitrogens with one attached hydrogen (secondary N) is 1. The summed E-state index contributed by atoms with van der Waals surface area (Å²) in [5, 5.41) is 11.7. The molecule has 0 atom stereocenters. The molecule has 0 heterocycles. The van der Waals surface area contributed by atoms with Crippen LogP contribution < -0.4 is 10.1 Å². The summed E-state index contributed by atoms with van der Waals surface area (Å²) in [6.45, 7) is 2.42. The highest BCUT2D eigenvalue weighted by Crippen LogP contribution is 2.13. The number of hydrogen-bond acceptors (Lipinski definition) is 6. The molecule has 0 saturated heterocycles. The van der Waals surface area contributed by atoms with Crippen LogP contribution >= 0.6 is 0 Å². The fraction of sp³-hybridized carbons (Fsp3) is 0.609. The van der Waals surface area contributed by atoms with Gasteiger partial charge in [0.25, 0.3) is 0 Å². The predicted octanol–water partition coefficient (Wildman–Crippen LogP) is 3.23. The van der Waals surface area contributed by atoms with Gasteiger partial charge in [-0.05, 0) is 37.1 Å². The van der Waals surface area contributed by atoms with Crippen molar-refractivity contribution >= 4 is 18.2 Å². The zero-order valence-electron chi connectivity index (χ0n) is 18.2. The Bertz CT molecular complexity index is 619. The van der Waals surface area contributed by atoms with E-state index in [4.69, 9.17) is 19.3 Å². The molecule has 0 aliphatic heterocycles. The minimum atomic E-state index is -0.938. The normalized spacial score (nSPS) is 10.6. The number of rotatable bonds is 20. The van der Waals surface area contributed by atoms with Crippen LogP contribution in [0.3, 0.4) is 0 Å². The Hall–Kier alpha value is -2.45. The molecule has 8 heteroatoms. The SMILES string of the molecule is O=CCOCCOCCNC(=O)CCCCCCCCCOc1ccc(C(=O)O)cc1. The summed E-state index contributed by atoms with van der Waals surface area (Å²) in [5.74, 6) is -0.194. The third-order valence-corrected chi connectivity index (χ3v) is 4.54. The zero-order valence-corrected chi connectivity index (χ0v) is 18.2. The molecule has 0 aromatic heterocycles.